The van der Waals surface area contributed by atoms with Gasteiger partial charge in [-0.05, 0) is 57.4 Å². The molecule has 0 bridgehead atoms. The Morgan fingerprint density at radius 3 is 2.31 bits per heavy atom. The van der Waals surface area contributed by atoms with Crippen LogP contribution in [0.2, 0.25) is 0 Å². The molecule has 0 saturated heterocycles. The van der Waals surface area contributed by atoms with Gasteiger partial charge in [0.2, 0.25) is 5.91 Å². The van der Waals surface area contributed by atoms with E-state index in [2.05, 4.69) is 10.6 Å². The lowest BCUT2D eigenvalue weighted by atomic mass is 9.96. The third-order valence-corrected chi connectivity index (χ3v) is 4.82. The van der Waals surface area contributed by atoms with Gasteiger partial charge in [0, 0.05) is 24.3 Å². The zero-order valence-corrected chi connectivity index (χ0v) is 19.0. The second-order valence-corrected chi connectivity index (χ2v) is 7.97. The molecule has 0 aliphatic rings. The number of nitrogens with two attached hydrogens (primary N) is 3. The maximum atomic E-state index is 12.5. The van der Waals surface area contributed by atoms with Gasteiger partial charge in [-0.15, -0.1) is 0 Å². The summed E-state index contributed by atoms with van der Waals surface area (Å²) in [5, 5.41) is 5.86. The van der Waals surface area contributed by atoms with Gasteiger partial charge < -0.3 is 32.0 Å². The highest BCUT2D eigenvalue weighted by Crippen LogP contribution is 2.10. The van der Waals surface area contributed by atoms with Crippen LogP contribution in [0.25, 0.3) is 0 Å². The molecule has 1 aromatic rings. The molecule has 180 valence electrons. The van der Waals surface area contributed by atoms with E-state index in [0.29, 0.717) is 56.8 Å². The van der Waals surface area contributed by atoms with Crippen LogP contribution in [-0.4, -0.2) is 68.7 Å². The van der Waals surface area contributed by atoms with Gasteiger partial charge in [-0.25, -0.2) is 0 Å². The van der Waals surface area contributed by atoms with E-state index in [1.54, 1.807) is 38.1 Å². The first-order valence-corrected chi connectivity index (χ1v) is 10.8. The number of Topliss-reactive ketones (excluding diaryl/α,β-unsaturated/α-hetero) is 1. The topological polar surface area (TPSA) is 172 Å². The lowest BCUT2D eigenvalue weighted by Gasteiger charge is -2.29. The fourth-order valence-corrected chi connectivity index (χ4v) is 2.86. The molecule has 0 saturated carbocycles. The van der Waals surface area contributed by atoms with Gasteiger partial charge in [0.1, 0.15) is 6.61 Å². The zero-order chi connectivity index (χ0) is 24.0. The third-order valence-electron chi connectivity index (χ3n) is 4.82. The van der Waals surface area contributed by atoms with E-state index in [1.807, 2.05) is 0 Å². The Morgan fingerprint density at radius 2 is 1.69 bits per heavy atom. The number of primary amides is 1. The van der Waals surface area contributed by atoms with Crippen molar-refractivity contribution >= 4 is 23.3 Å². The summed E-state index contributed by atoms with van der Waals surface area (Å²) >= 11 is 0. The van der Waals surface area contributed by atoms with Crippen LogP contribution in [0, 0.1) is 0 Å². The molecule has 10 heteroatoms. The number of unbranched alkanes of at least 4 members (excludes halogenated alkanes) is 1. The van der Waals surface area contributed by atoms with Gasteiger partial charge in [0.15, 0.2) is 5.78 Å². The number of ether oxygens (including phenoxy) is 2. The van der Waals surface area contributed by atoms with Gasteiger partial charge in [-0.3, -0.25) is 19.7 Å². The Morgan fingerprint density at radius 1 is 1.03 bits per heavy atom. The predicted octanol–water partition coefficient (Wildman–Crippen LogP) is -0.0480. The standard InChI is InChI=1S/C22H37N5O5/c1-22(2,19(28)15-32-14-13-31-12-10-23)27-18(20(25)29)5-3-4-11-26-21(30)16-6-8-17(24)9-7-16/h6-9,18,27H,3-5,10-15,23-24H2,1-2H3,(H2,25,29)(H,26,30)/t18-/m0/s1. The van der Waals surface area contributed by atoms with Crippen LogP contribution >= 0.6 is 0 Å². The summed E-state index contributed by atoms with van der Waals surface area (Å²) in [6.07, 6.45) is 1.74. The Labute approximate surface area is 189 Å². The molecule has 1 aromatic carbocycles. The highest BCUT2D eigenvalue weighted by molar-refractivity contribution is 5.94. The minimum atomic E-state index is -0.985. The molecule has 1 atom stereocenters. The van der Waals surface area contributed by atoms with Crippen LogP contribution in [0.1, 0.15) is 43.5 Å². The van der Waals surface area contributed by atoms with E-state index in [-0.39, 0.29) is 24.9 Å². The summed E-state index contributed by atoms with van der Waals surface area (Å²) in [5.41, 5.74) is 16.6. The molecular formula is C22H37N5O5. The molecule has 0 radical (unpaired) electrons. The number of hydrogen-bond donors (Lipinski definition) is 5. The van der Waals surface area contributed by atoms with E-state index in [4.69, 9.17) is 26.7 Å². The van der Waals surface area contributed by atoms with Crippen LogP contribution in [0.15, 0.2) is 24.3 Å². The van der Waals surface area contributed by atoms with E-state index >= 15 is 0 Å². The number of anilines is 1. The molecule has 2 amide bonds. The van der Waals surface area contributed by atoms with Crippen molar-refractivity contribution in [3.8, 4) is 0 Å². The Hall–Kier alpha value is -2.53. The number of hydrogen-bond acceptors (Lipinski definition) is 8. The number of benzene rings is 1. The molecule has 0 spiro atoms. The summed E-state index contributed by atoms with van der Waals surface area (Å²) < 4.78 is 10.5. The summed E-state index contributed by atoms with van der Waals surface area (Å²) in [7, 11) is 0. The van der Waals surface area contributed by atoms with Crippen LogP contribution < -0.4 is 27.8 Å². The summed E-state index contributed by atoms with van der Waals surface area (Å²) in [5.74, 6) is -0.916. The SMILES string of the molecule is CC(C)(N[C@@H](CCCCNC(=O)c1ccc(N)cc1)C(N)=O)C(=O)COCCOCCN. The minimum Gasteiger partial charge on any atom is -0.399 e. The molecule has 0 aliphatic heterocycles. The van der Waals surface area contributed by atoms with Crippen molar-refractivity contribution in [3.05, 3.63) is 29.8 Å². The Bertz CT molecular complexity index is 724. The lowest BCUT2D eigenvalue weighted by Crippen LogP contribution is -2.56. The number of nitrogen functional groups attached to an aromatic ring is 1. The number of carbonyl (C=O) groups excluding carboxylic acids is 3. The van der Waals surface area contributed by atoms with E-state index in [0.717, 1.165) is 0 Å². The summed E-state index contributed by atoms with van der Waals surface area (Å²) in [4.78, 5) is 36.4. The van der Waals surface area contributed by atoms with E-state index in [9.17, 15) is 14.4 Å². The molecule has 1 rings (SSSR count). The van der Waals surface area contributed by atoms with Crippen molar-refractivity contribution in [2.45, 2.75) is 44.7 Å². The van der Waals surface area contributed by atoms with Gasteiger partial charge in [-0.1, -0.05) is 0 Å². The minimum absolute atomic E-state index is 0.103. The first kappa shape index (κ1) is 27.5. The molecule has 8 N–H and O–H groups in total. The fourth-order valence-electron chi connectivity index (χ4n) is 2.86. The van der Waals surface area contributed by atoms with E-state index < -0.39 is 17.5 Å². The van der Waals surface area contributed by atoms with Crippen molar-refractivity contribution in [1.82, 2.24) is 10.6 Å². The van der Waals surface area contributed by atoms with Crippen LogP contribution in [0.3, 0.4) is 0 Å². The number of ketones is 1. The molecule has 10 nitrogen and oxygen atoms in total. The lowest BCUT2D eigenvalue weighted by molar-refractivity contribution is -0.130. The zero-order valence-electron chi connectivity index (χ0n) is 19.0. The van der Waals surface area contributed by atoms with Gasteiger partial charge in [0.25, 0.3) is 5.91 Å². The molecule has 0 unspecified atom stereocenters. The number of rotatable bonds is 17. The number of carbonyl (C=O) groups is 3. The van der Waals surface area contributed by atoms with Gasteiger partial charge >= 0.3 is 0 Å². The summed E-state index contributed by atoms with van der Waals surface area (Å²) in [6.45, 7) is 5.24. The maximum absolute atomic E-state index is 12.5. The first-order valence-electron chi connectivity index (χ1n) is 10.8. The Kier molecular flexibility index (Phi) is 12.5. The van der Waals surface area contributed by atoms with Crippen molar-refractivity contribution < 1.29 is 23.9 Å². The smallest absolute Gasteiger partial charge is 0.251 e. The Balaban J connectivity index is 2.35. The average molecular weight is 452 g/mol. The molecule has 0 fully saturated rings. The normalized spacial score (nSPS) is 12.3. The fraction of sp³-hybridized carbons (Fsp3) is 0.591. The van der Waals surface area contributed by atoms with Crippen molar-refractivity contribution in [2.24, 2.45) is 11.5 Å². The van der Waals surface area contributed by atoms with Crippen molar-refractivity contribution in [2.75, 3.05) is 45.3 Å². The maximum Gasteiger partial charge on any atom is 0.251 e. The van der Waals surface area contributed by atoms with Crippen molar-refractivity contribution in [3.63, 3.8) is 0 Å². The average Bonchev–Trinajstić information content (AvgIpc) is 2.75. The molecule has 0 aromatic heterocycles. The second-order valence-electron chi connectivity index (χ2n) is 7.97. The number of amides is 2. The number of nitrogens with one attached hydrogen (secondary N) is 2. The van der Waals surface area contributed by atoms with Gasteiger partial charge in [0.05, 0.1) is 31.4 Å². The van der Waals surface area contributed by atoms with Crippen molar-refractivity contribution in [1.29, 1.82) is 0 Å². The van der Waals surface area contributed by atoms with Crippen LogP contribution in [0.5, 0.6) is 0 Å². The summed E-state index contributed by atoms with van der Waals surface area (Å²) in [6, 6.07) is 5.99. The second kappa shape index (κ2) is 14.5. The quantitative estimate of drug-likeness (QED) is 0.162. The molecule has 32 heavy (non-hydrogen) atoms. The largest absolute Gasteiger partial charge is 0.399 e. The highest BCUT2D eigenvalue weighted by Gasteiger charge is 2.31. The predicted molar refractivity (Wildman–Crippen MR) is 123 cm³/mol. The molecular weight excluding hydrogens is 414 g/mol. The van der Waals surface area contributed by atoms with E-state index in [1.165, 1.54) is 0 Å². The monoisotopic (exact) mass is 451 g/mol. The highest BCUT2D eigenvalue weighted by atomic mass is 16.5. The molecule has 0 aliphatic carbocycles. The first-order chi connectivity index (χ1) is 15.2. The van der Waals surface area contributed by atoms with Gasteiger partial charge in [-0.2, -0.15) is 0 Å². The van der Waals surface area contributed by atoms with Crippen LogP contribution in [0.4, 0.5) is 5.69 Å². The third kappa shape index (κ3) is 10.7. The van der Waals surface area contributed by atoms with Crippen LogP contribution in [-0.2, 0) is 19.1 Å². The molecule has 0 heterocycles.